The minimum Gasteiger partial charge on any atom is -0.481 e. The van der Waals surface area contributed by atoms with E-state index < -0.39 is 0 Å². The smallest absolute Gasteiger partial charge is 0.214 e. The van der Waals surface area contributed by atoms with Crippen LogP contribution in [-0.2, 0) is 0 Å². The number of aromatic nitrogens is 1. The molecule has 1 aliphatic rings. The fourth-order valence-electron chi connectivity index (χ4n) is 1.83. The number of rotatable bonds is 4. The Balaban J connectivity index is 1.82. The van der Waals surface area contributed by atoms with Gasteiger partial charge in [0.2, 0.25) is 5.88 Å². The van der Waals surface area contributed by atoms with Gasteiger partial charge in [-0.1, -0.05) is 6.07 Å². The number of ether oxygens (including phenoxy) is 1. The maximum absolute atomic E-state index is 5.72. The fraction of sp³-hybridized carbons (Fsp3) is 0.545. The van der Waals surface area contributed by atoms with E-state index in [1.807, 2.05) is 18.2 Å². The molecule has 0 saturated heterocycles. The van der Waals surface area contributed by atoms with Crippen LogP contribution in [0.15, 0.2) is 18.2 Å². The van der Waals surface area contributed by atoms with E-state index >= 15 is 0 Å². The van der Waals surface area contributed by atoms with E-state index in [0.717, 1.165) is 25.2 Å². The third-order valence-corrected chi connectivity index (χ3v) is 2.78. The molecule has 2 rings (SSSR count). The average Bonchev–Trinajstić information content (AvgIpc) is 2.23. The summed E-state index contributed by atoms with van der Waals surface area (Å²) in [7, 11) is 1.62. The summed E-state index contributed by atoms with van der Waals surface area (Å²) in [4.78, 5) is 4.28. The standard InChI is InChI=1S/C11H17N3O/c1-15-11-4-2-3-10(14-11)13-7-8-5-9(12)6-8/h2-4,8-9H,5-7,12H2,1H3,(H,13,14). The van der Waals surface area contributed by atoms with Crippen molar-refractivity contribution in [2.24, 2.45) is 11.7 Å². The number of methoxy groups -OCH3 is 1. The van der Waals surface area contributed by atoms with Gasteiger partial charge < -0.3 is 15.8 Å². The number of hydrogen-bond donors (Lipinski definition) is 2. The molecule has 0 aliphatic heterocycles. The van der Waals surface area contributed by atoms with E-state index in [4.69, 9.17) is 10.5 Å². The van der Waals surface area contributed by atoms with Gasteiger partial charge in [-0.05, 0) is 24.8 Å². The maximum Gasteiger partial charge on any atom is 0.214 e. The van der Waals surface area contributed by atoms with Crippen LogP contribution in [0.3, 0.4) is 0 Å². The zero-order valence-corrected chi connectivity index (χ0v) is 8.94. The van der Waals surface area contributed by atoms with Crippen molar-refractivity contribution in [1.82, 2.24) is 4.98 Å². The molecule has 15 heavy (non-hydrogen) atoms. The van der Waals surface area contributed by atoms with E-state index in [2.05, 4.69) is 10.3 Å². The van der Waals surface area contributed by atoms with Gasteiger partial charge in [0.1, 0.15) is 5.82 Å². The average molecular weight is 207 g/mol. The fourth-order valence-corrected chi connectivity index (χ4v) is 1.83. The molecule has 1 saturated carbocycles. The lowest BCUT2D eigenvalue weighted by Gasteiger charge is -2.32. The molecule has 1 aromatic rings. The third kappa shape index (κ3) is 2.59. The van der Waals surface area contributed by atoms with Crippen LogP contribution in [0, 0.1) is 5.92 Å². The monoisotopic (exact) mass is 207 g/mol. The quantitative estimate of drug-likeness (QED) is 0.779. The van der Waals surface area contributed by atoms with Crippen molar-refractivity contribution in [2.45, 2.75) is 18.9 Å². The summed E-state index contributed by atoms with van der Waals surface area (Å²) in [5.74, 6) is 2.22. The third-order valence-electron chi connectivity index (χ3n) is 2.78. The van der Waals surface area contributed by atoms with Crippen LogP contribution in [0.5, 0.6) is 5.88 Å². The Morgan fingerprint density at radius 1 is 1.53 bits per heavy atom. The van der Waals surface area contributed by atoms with Crippen LogP contribution < -0.4 is 15.8 Å². The van der Waals surface area contributed by atoms with Gasteiger partial charge in [0.05, 0.1) is 7.11 Å². The first-order valence-electron chi connectivity index (χ1n) is 5.28. The summed E-state index contributed by atoms with van der Waals surface area (Å²) in [5, 5.41) is 3.30. The number of anilines is 1. The van der Waals surface area contributed by atoms with Crippen LogP contribution in [-0.4, -0.2) is 24.7 Å². The number of pyridine rings is 1. The first kappa shape index (κ1) is 10.2. The second-order valence-corrected chi connectivity index (χ2v) is 4.04. The minimum atomic E-state index is 0.412. The number of nitrogens with one attached hydrogen (secondary N) is 1. The molecule has 0 amide bonds. The topological polar surface area (TPSA) is 60.2 Å². The van der Waals surface area contributed by atoms with Gasteiger partial charge >= 0.3 is 0 Å². The number of nitrogens with zero attached hydrogens (tertiary/aromatic N) is 1. The first-order valence-corrected chi connectivity index (χ1v) is 5.28. The number of nitrogens with two attached hydrogens (primary N) is 1. The molecule has 4 heteroatoms. The van der Waals surface area contributed by atoms with Crippen LogP contribution >= 0.6 is 0 Å². The summed E-state index contributed by atoms with van der Waals surface area (Å²) < 4.78 is 5.05. The highest BCUT2D eigenvalue weighted by Crippen LogP contribution is 2.25. The lowest BCUT2D eigenvalue weighted by Crippen LogP contribution is -2.39. The van der Waals surface area contributed by atoms with Gasteiger partial charge in [-0.2, -0.15) is 4.98 Å². The lowest BCUT2D eigenvalue weighted by molar-refractivity contribution is 0.280. The SMILES string of the molecule is COc1cccc(NCC2CC(N)C2)n1. The van der Waals surface area contributed by atoms with E-state index in [0.29, 0.717) is 17.8 Å². The van der Waals surface area contributed by atoms with Gasteiger partial charge in [-0.25, -0.2) is 0 Å². The van der Waals surface area contributed by atoms with E-state index in [1.54, 1.807) is 7.11 Å². The summed E-state index contributed by atoms with van der Waals surface area (Å²) in [6.45, 7) is 0.952. The second kappa shape index (κ2) is 4.49. The van der Waals surface area contributed by atoms with E-state index in [9.17, 15) is 0 Å². The molecule has 1 aromatic heterocycles. The molecule has 0 bridgehead atoms. The highest BCUT2D eigenvalue weighted by atomic mass is 16.5. The summed E-state index contributed by atoms with van der Waals surface area (Å²) in [5.41, 5.74) is 5.72. The Bertz CT molecular complexity index is 323. The zero-order chi connectivity index (χ0) is 10.7. The van der Waals surface area contributed by atoms with Crippen molar-refractivity contribution in [3.63, 3.8) is 0 Å². The van der Waals surface area contributed by atoms with Crippen molar-refractivity contribution < 1.29 is 4.74 Å². The summed E-state index contributed by atoms with van der Waals surface area (Å²) in [6.07, 6.45) is 2.24. The Morgan fingerprint density at radius 3 is 3.00 bits per heavy atom. The van der Waals surface area contributed by atoms with E-state index in [-0.39, 0.29) is 0 Å². The van der Waals surface area contributed by atoms with Gasteiger partial charge in [0.15, 0.2) is 0 Å². The Kier molecular flexibility index (Phi) is 3.06. The minimum absolute atomic E-state index is 0.412. The van der Waals surface area contributed by atoms with E-state index in [1.165, 1.54) is 0 Å². The van der Waals surface area contributed by atoms with Crippen LogP contribution in [0.2, 0.25) is 0 Å². The molecule has 1 heterocycles. The second-order valence-electron chi connectivity index (χ2n) is 4.04. The molecule has 1 fully saturated rings. The van der Waals surface area contributed by atoms with Crippen molar-refractivity contribution in [3.05, 3.63) is 18.2 Å². The Labute approximate surface area is 89.8 Å². The zero-order valence-electron chi connectivity index (χ0n) is 8.94. The van der Waals surface area contributed by atoms with Crippen molar-refractivity contribution in [1.29, 1.82) is 0 Å². The molecular formula is C11H17N3O. The molecule has 4 nitrogen and oxygen atoms in total. The summed E-state index contributed by atoms with van der Waals surface area (Å²) in [6, 6.07) is 6.13. The lowest BCUT2D eigenvalue weighted by atomic mass is 9.81. The van der Waals surface area contributed by atoms with Crippen molar-refractivity contribution in [2.75, 3.05) is 19.0 Å². The van der Waals surface area contributed by atoms with Crippen molar-refractivity contribution in [3.8, 4) is 5.88 Å². The van der Waals surface area contributed by atoms with Gasteiger partial charge in [0.25, 0.3) is 0 Å². The molecule has 0 atom stereocenters. The first-order chi connectivity index (χ1) is 7.28. The molecule has 0 aromatic carbocycles. The van der Waals surface area contributed by atoms with Gasteiger partial charge in [-0.15, -0.1) is 0 Å². The largest absolute Gasteiger partial charge is 0.481 e. The predicted molar refractivity (Wildman–Crippen MR) is 60.0 cm³/mol. The number of hydrogen-bond acceptors (Lipinski definition) is 4. The molecule has 0 radical (unpaired) electrons. The molecule has 1 aliphatic carbocycles. The van der Waals surface area contributed by atoms with Crippen LogP contribution in [0.4, 0.5) is 5.82 Å². The Morgan fingerprint density at radius 2 is 2.33 bits per heavy atom. The maximum atomic E-state index is 5.72. The van der Waals surface area contributed by atoms with Gasteiger partial charge in [0, 0.05) is 18.7 Å². The van der Waals surface area contributed by atoms with Gasteiger partial charge in [-0.3, -0.25) is 0 Å². The molecule has 0 unspecified atom stereocenters. The Hall–Kier alpha value is -1.29. The molecule has 0 spiro atoms. The normalized spacial score (nSPS) is 24.4. The molecular weight excluding hydrogens is 190 g/mol. The van der Waals surface area contributed by atoms with Crippen molar-refractivity contribution >= 4 is 5.82 Å². The molecule has 82 valence electrons. The van der Waals surface area contributed by atoms with Crippen LogP contribution in [0.1, 0.15) is 12.8 Å². The van der Waals surface area contributed by atoms with Crippen LogP contribution in [0.25, 0.3) is 0 Å². The highest BCUT2D eigenvalue weighted by molar-refractivity contribution is 5.37. The molecule has 3 N–H and O–H groups in total. The highest BCUT2D eigenvalue weighted by Gasteiger charge is 2.25. The predicted octanol–water partition coefficient (Wildman–Crippen LogP) is 1.24. The summed E-state index contributed by atoms with van der Waals surface area (Å²) >= 11 is 0.